The standard InChI is InChI=1S/C17H26ClNO/c1-12(2)15(10-11-18)19-16(20)13-8-6-7-9-14(13)17(3,4)5/h6-9,12,15H,10-11H2,1-5H3,(H,19,20). The molecule has 0 aliphatic heterocycles. The van der Waals surface area contributed by atoms with Crippen LogP contribution in [0.2, 0.25) is 0 Å². The topological polar surface area (TPSA) is 29.1 Å². The first-order chi connectivity index (χ1) is 9.27. The van der Waals surface area contributed by atoms with Gasteiger partial charge in [-0.2, -0.15) is 0 Å². The van der Waals surface area contributed by atoms with Crippen molar-refractivity contribution in [3.8, 4) is 0 Å². The van der Waals surface area contributed by atoms with E-state index in [9.17, 15) is 4.79 Å². The van der Waals surface area contributed by atoms with Gasteiger partial charge in [-0.3, -0.25) is 4.79 Å². The van der Waals surface area contributed by atoms with E-state index < -0.39 is 0 Å². The van der Waals surface area contributed by atoms with Gasteiger partial charge < -0.3 is 5.32 Å². The van der Waals surface area contributed by atoms with E-state index in [4.69, 9.17) is 11.6 Å². The van der Waals surface area contributed by atoms with Crippen LogP contribution in [0.5, 0.6) is 0 Å². The number of halogens is 1. The Labute approximate surface area is 127 Å². The third kappa shape index (κ3) is 4.52. The molecule has 0 fully saturated rings. The average molecular weight is 296 g/mol. The molecule has 3 heteroatoms. The van der Waals surface area contributed by atoms with E-state index in [-0.39, 0.29) is 17.4 Å². The Morgan fingerprint density at radius 1 is 1.25 bits per heavy atom. The molecular weight excluding hydrogens is 270 g/mol. The summed E-state index contributed by atoms with van der Waals surface area (Å²) in [5.74, 6) is 0.933. The normalized spacial score (nSPS) is 13.3. The number of rotatable bonds is 5. The van der Waals surface area contributed by atoms with Crippen LogP contribution in [-0.4, -0.2) is 17.8 Å². The van der Waals surface area contributed by atoms with E-state index in [1.54, 1.807) is 0 Å². The van der Waals surface area contributed by atoms with Crippen molar-refractivity contribution in [1.29, 1.82) is 0 Å². The summed E-state index contributed by atoms with van der Waals surface area (Å²) in [6.07, 6.45) is 0.794. The molecular formula is C17H26ClNO. The van der Waals surface area contributed by atoms with E-state index >= 15 is 0 Å². The lowest BCUT2D eigenvalue weighted by atomic mass is 9.83. The van der Waals surface area contributed by atoms with E-state index in [0.29, 0.717) is 11.8 Å². The van der Waals surface area contributed by atoms with Gasteiger partial charge in [-0.15, -0.1) is 11.6 Å². The van der Waals surface area contributed by atoms with Crippen LogP contribution in [0, 0.1) is 5.92 Å². The van der Waals surface area contributed by atoms with Crippen molar-refractivity contribution in [1.82, 2.24) is 5.32 Å². The summed E-state index contributed by atoms with van der Waals surface area (Å²) >= 11 is 5.82. The van der Waals surface area contributed by atoms with Crippen LogP contribution in [0.1, 0.15) is 57.0 Å². The van der Waals surface area contributed by atoms with Gasteiger partial charge in [0.05, 0.1) is 0 Å². The summed E-state index contributed by atoms with van der Waals surface area (Å²) in [5.41, 5.74) is 1.79. The molecule has 1 aromatic carbocycles. The molecule has 0 aliphatic carbocycles. The lowest BCUT2D eigenvalue weighted by molar-refractivity contribution is 0.0922. The Balaban J connectivity index is 2.98. The van der Waals surface area contributed by atoms with Gasteiger partial charge >= 0.3 is 0 Å². The van der Waals surface area contributed by atoms with Gasteiger partial charge in [0.25, 0.3) is 5.91 Å². The number of hydrogen-bond donors (Lipinski definition) is 1. The minimum Gasteiger partial charge on any atom is -0.349 e. The number of carbonyl (C=O) groups excluding carboxylic acids is 1. The molecule has 1 unspecified atom stereocenters. The van der Waals surface area contributed by atoms with Gasteiger partial charge in [0.15, 0.2) is 0 Å². The second kappa shape index (κ2) is 7.12. The summed E-state index contributed by atoms with van der Waals surface area (Å²) in [6.45, 7) is 10.6. The number of alkyl halides is 1. The van der Waals surface area contributed by atoms with Gasteiger partial charge in [0.2, 0.25) is 0 Å². The number of nitrogens with one attached hydrogen (secondary N) is 1. The van der Waals surface area contributed by atoms with Gasteiger partial charge in [-0.05, 0) is 29.4 Å². The van der Waals surface area contributed by atoms with Crippen molar-refractivity contribution in [2.45, 2.75) is 52.5 Å². The predicted octanol–water partition coefficient (Wildman–Crippen LogP) is 4.37. The molecule has 0 saturated heterocycles. The lowest BCUT2D eigenvalue weighted by Gasteiger charge is -2.25. The fourth-order valence-corrected chi connectivity index (χ4v) is 2.51. The number of hydrogen-bond acceptors (Lipinski definition) is 1. The van der Waals surface area contributed by atoms with Crippen molar-refractivity contribution in [2.75, 3.05) is 5.88 Å². The summed E-state index contributed by atoms with van der Waals surface area (Å²) < 4.78 is 0. The highest BCUT2D eigenvalue weighted by Crippen LogP contribution is 2.26. The van der Waals surface area contributed by atoms with Gasteiger partial charge in [0, 0.05) is 17.5 Å². The Morgan fingerprint density at radius 3 is 2.35 bits per heavy atom. The number of amides is 1. The Bertz CT molecular complexity index is 449. The third-order valence-corrected chi connectivity index (χ3v) is 3.74. The SMILES string of the molecule is CC(C)C(CCCl)NC(=O)c1ccccc1C(C)(C)C. The molecule has 0 heterocycles. The largest absolute Gasteiger partial charge is 0.349 e. The maximum atomic E-state index is 12.5. The molecule has 1 amide bonds. The quantitative estimate of drug-likeness (QED) is 0.803. The highest BCUT2D eigenvalue weighted by Gasteiger charge is 2.23. The first-order valence-electron chi connectivity index (χ1n) is 7.23. The van der Waals surface area contributed by atoms with Crippen LogP contribution in [0.4, 0.5) is 0 Å². The van der Waals surface area contributed by atoms with E-state index in [1.807, 2.05) is 24.3 Å². The zero-order valence-electron chi connectivity index (χ0n) is 13.2. The first kappa shape index (κ1) is 17.0. The molecule has 1 aromatic rings. The second-order valence-electron chi connectivity index (χ2n) is 6.60. The Morgan fingerprint density at radius 2 is 1.85 bits per heavy atom. The second-order valence-corrected chi connectivity index (χ2v) is 6.98. The third-order valence-electron chi connectivity index (χ3n) is 3.52. The van der Waals surface area contributed by atoms with E-state index in [2.05, 4.69) is 39.9 Å². The molecule has 0 aliphatic rings. The molecule has 1 atom stereocenters. The summed E-state index contributed by atoms with van der Waals surface area (Å²) in [4.78, 5) is 12.5. The molecule has 2 nitrogen and oxygen atoms in total. The fourth-order valence-electron chi connectivity index (χ4n) is 2.27. The summed E-state index contributed by atoms with van der Waals surface area (Å²) in [5, 5.41) is 3.12. The van der Waals surface area contributed by atoms with Gasteiger partial charge in [-0.1, -0.05) is 52.8 Å². The van der Waals surface area contributed by atoms with Crippen molar-refractivity contribution >= 4 is 17.5 Å². The van der Waals surface area contributed by atoms with Crippen LogP contribution >= 0.6 is 11.6 Å². The van der Waals surface area contributed by atoms with Crippen molar-refractivity contribution < 1.29 is 4.79 Å². The lowest BCUT2D eigenvalue weighted by Crippen LogP contribution is -2.39. The summed E-state index contributed by atoms with van der Waals surface area (Å²) in [7, 11) is 0. The molecule has 0 aromatic heterocycles. The van der Waals surface area contributed by atoms with Gasteiger partial charge in [0.1, 0.15) is 0 Å². The molecule has 0 bridgehead atoms. The molecule has 1 rings (SSSR count). The van der Waals surface area contributed by atoms with Crippen LogP contribution in [0.25, 0.3) is 0 Å². The minimum atomic E-state index is -0.0479. The van der Waals surface area contributed by atoms with Crippen LogP contribution < -0.4 is 5.32 Å². The Kier molecular flexibility index (Phi) is 6.07. The summed E-state index contributed by atoms with van der Waals surface area (Å²) in [6, 6.07) is 7.94. The Hall–Kier alpha value is -1.02. The number of carbonyl (C=O) groups is 1. The van der Waals surface area contributed by atoms with Gasteiger partial charge in [-0.25, -0.2) is 0 Å². The van der Waals surface area contributed by atoms with Crippen molar-refractivity contribution in [3.05, 3.63) is 35.4 Å². The maximum absolute atomic E-state index is 12.5. The first-order valence-corrected chi connectivity index (χ1v) is 7.77. The highest BCUT2D eigenvalue weighted by atomic mass is 35.5. The minimum absolute atomic E-state index is 0.000610. The van der Waals surface area contributed by atoms with E-state index in [0.717, 1.165) is 17.5 Å². The molecule has 0 spiro atoms. The van der Waals surface area contributed by atoms with Crippen molar-refractivity contribution in [3.63, 3.8) is 0 Å². The fraction of sp³-hybridized carbons (Fsp3) is 0.588. The van der Waals surface area contributed by atoms with Crippen molar-refractivity contribution in [2.24, 2.45) is 5.92 Å². The monoisotopic (exact) mass is 295 g/mol. The van der Waals surface area contributed by atoms with Crippen LogP contribution in [-0.2, 0) is 5.41 Å². The zero-order chi connectivity index (χ0) is 15.3. The van der Waals surface area contributed by atoms with Crippen LogP contribution in [0.3, 0.4) is 0 Å². The molecule has 20 heavy (non-hydrogen) atoms. The molecule has 112 valence electrons. The highest BCUT2D eigenvalue weighted by molar-refractivity contribution is 6.17. The predicted molar refractivity (Wildman–Crippen MR) is 86.6 cm³/mol. The maximum Gasteiger partial charge on any atom is 0.251 e. The average Bonchev–Trinajstić information content (AvgIpc) is 2.37. The van der Waals surface area contributed by atoms with E-state index in [1.165, 1.54) is 0 Å². The zero-order valence-corrected chi connectivity index (χ0v) is 13.9. The molecule has 0 saturated carbocycles. The molecule has 1 N–H and O–H groups in total. The van der Waals surface area contributed by atoms with Crippen LogP contribution in [0.15, 0.2) is 24.3 Å². The smallest absolute Gasteiger partial charge is 0.251 e. The molecule has 0 radical (unpaired) electrons. The number of benzene rings is 1.